The summed E-state index contributed by atoms with van der Waals surface area (Å²) in [5.41, 5.74) is 1.19. The van der Waals surface area contributed by atoms with E-state index in [4.69, 9.17) is 4.42 Å². The van der Waals surface area contributed by atoms with Gasteiger partial charge >= 0.3 is 0 Å². The first kappa shape index (κ1) is 10.1. The lowest BCUT2D eigenvalue weighted by Gasteiger charge is -2.10. The molecule has 0 spiro atoms. The van der Waals surface area contributed by atoms with Gasteiger partial charge < -0.3 is 14.7 Å². The SMILES string of the molecule is Cc1ccc(C(C)NCc2ccc[nH]2)o1. The molecule has 2 aromatic rings. The predicted molar refractivity (Wildman–Crippen MR) is 59.5 cm³/mol. The Morgan fingerprint density at radius 3 is 2.87 bits per heavy atom. The van der Waals surface area contributed by atoms with Crippen molar-refractivity contribution in [1.29, 1.82) is 0 Å². The maximum atomic E-state index is 5.54. The van der Waals surface area contributed by atoms with Gasteiger partial charge in [0.05, 0.1) is 6.04 Å². The molecule has 0 saturated heterocycles. The normalized spacial score (nSPS) is 12.9. The summed E-state index contributed by atoms with van der Waals surface area (Å²) in [6.45, 7) is 4.89. The first-order valence-corrected chi connectivity index (χ1v) is 5.17. The van der Waals surface area contributed by atoms with Crippen LogP contribution in [0.3, 0.4) is 0 Å². The summed E-state index contributed by atoms with van der Waals surface area (Å²) in [4.78, 5) is 3.16. The van der Waals surface area contributed by atoms with Crippen LogP contribution in [0.4, 0.5) is 0 Å². The quantitative estimate of drug-likeness (QED) is 0.804. The van der Waals surface area contributed by atoms with Gasteiger partial charge in [-0.3, -0.25) is 0 Å². The number of hydrogen-bond acceptors (Lipinski definition) is 2. The molecule has 80 valence electrons. The fourth-order valence-corrected chi connectivity index (χ4v) is 1.53. The highest BCUT2D eigenvalue weighted by molar-refractivity contribution is 5.10. The summed E-state index contributed by atoms with van der Waals surface area (Å²) in [6, 6.07) is 8.30. The number of aromatic nitrogens is 1. The zero-order valence-corrected chi connectivity index (χ0v) is 9.08. The largest absolute Gasteiger partial charge is 0.465 e. The van der Waals surface area contributed by atoms with Gasteiger partial charge in [0.25, 0.3) is 0 Å². The number of nitrogens with one attached hydrogen (secondary N) is 2. The minimum absolute atomic E-state index is 0.238. The molecule has 3 heteroatoms. The number of rotatable bonds is 4. The monoisotopic (exact) mass is 204 g/mol. The molecule has 0 aliphatic heterocycles. The van der Waals surface area contributed by atoms with E-state index in [2.05, 4.69) is 23.3 Å². The number of aromatic amines is 1. The van der Waals surface area contributed by atoms with Crippen LogP contribution in [-0.2, 0) is 6.54 Å². The molecule has 2 N–H and O–H groups in total. The van der Waals surface area contributed by atoms with Gasteiger partial charge in [0.1, 0.15) is 11.5 Å². The Balaban J connectivity index is 1.90. The smallest absolute Gasteiger partial charge is 0.120 e. The van der Waals surface area contributed by atoms with Crippen LogP contribution in [0.25, 0.3) is 0 Å². The summed E-state index contributed by atoms with van der Waals surface area (Å²) in [7, 11) is 0. The zero-order valence-electron chi connectivity index (χ0n) is 9.08. The standard InChI is InChI=1S/C12H16N2O/c1-9-5-6-12(15-9)10(2)14-8-11-4-3-7-13-11/h3-7,10,13-14H,8H2,1-2H3. The average molecular weight is 204 g/mol. The lowest BCUT2D eigenvalue weighted by molar-refractivity contribution is 0.415. The Labute approximate surface area is 89.5 Å². The lowest BCUT2D eigenvalue weighted by Crippen LogP contribution is -2.17. The molecule has 0 bridgehead atoms. The van der Waals surface area contributed by atoms with E-state index in [0.29, 0.717) is 0 Å². The van der Waals surface area contributed by atoms with Gasteiger partial charge in [-0.1, -0.05) is 0 Å². The van der Waals surface area contributed by atoms with E-state index in [1.165, 1.54) is 5.69 Å². The molecule has 0 aromatic carbocycles. The number of furan rings is 1. The fourth-order valence-electron chi connectivity index (χ4n) is 1.53. The van der Waals surface area contributed by atoms with E-state index in [-0.39, 0.29) is 6.04 Å². The second kappa shape index (κ2) is 4.36. The van der Waals surface area contributed by atoms with E-state index in [9.17, 15) is 0 Å². The third-order valence-corrected chi connectivity index (χ3v) is 2.45. The zero-order chi connectivity index (χ0) is 10.7. The van der Waals surface area contributed by atoms with Gasteiger partial charge in [-0.2, -0.15) is 0 Å². The Morgan fingerprint density at radius 2 is 2.27 bits per heavy atom. The topological polar surface area (TPSA) is 41.0 Å². The van der Waals surface area contributed by atoms with Crippen LogP contribution in [0.5, 0.6) is 0 Å². The molecule has 1 atom stereocenters. The Morgan fingerprint density at radius 1 is 1.40 bits per heavy atom. The van der Waals surface area contributed by atoms with Crippen molar-refractivity contribution in [2.75, 3.05) is 0 Å². The van der Waals surface area contributed by atoms with E-state index in [1.54, 1.807) is 0 Å². The van der Waals surface area contributed by atoms with Crippen LogP contribution >= 0.6 is 0 Å². The molecule has 0 aliphatic carbocycles. The predicted octanol–water partition coefficient (Wildman–Crippen LogP) is 2.77. The van der Waals surface area contributed by atoms with Crippen molar-refractivity contribution in [3.05, 3.63) is 47.7 Å². The van der Waals surface area contributed by atoms with E-state index in [1.807, 2.05) is 31.3 Å². The van der Waals surface area contributed by atoms with Crippen LogP contribution in [0, 0.1) is 6.92 Å². The summed E-state index contributed by atoms with van der Waals surface area (Å²) in [6.07, 6.45) is 1.93. The Hall–Kier alpha value is -1.48. The Bertz CT molecular complexity index is 403. The van der Waals surface area contributed by atoms with Crippen LogP contribution in [0.2, 0.25) is 0 Å². The van der Waals surface area contributed by atoms with E-state index < -0.39 is 0 Å². The minimum atomic E-state index is 0.238. The Kier molecular flexibility index (Phi) is 2.92. The van der Waals surface area contributed by atoms with Crippen molar-refractivity contribution in [2.24, 2.45) is 0 Å². The van der Waals surface area contributed by atoms with Crippen molar-refractivity contribution in [3.63, 3.8) is 0 Å². The number of hydrogen-bond donors (Lipinski definition) is 2. The molecule has 0 aliphatic rings. The van der Waals surface area contributed by atoms with E-state index >= 15 is 0 Å². The maximum absolute atomic E-state index is 5.54. The summed E-state index contributed by atoms with van der Waals surface area (Å²) < 4.78 is 5.54. The fraction of sp³-hybridized carbons (Fsp3) is 0.333. The molecular weight excluding hydrogens is 188 g/mol. The molecule has 0 fully saturated rings. The second-order valence-electron chi connectivity index (χ2n) is 3.75. The van der Waals surface area contributed by atoms with Gasteiger partial charge in [0, 0.05) is 18.4 Å². The van der Waals surface area contributed by atoms with Crippen LogP contribution in [0.1, 0.15) is 30.2 Å². The average Bonchev–Trinajstić information content (AvgIpc) is 2.84. The van der Waals surface area contributed by atoms with E-state index in [0.717, 1.165) is 18.1 Å². The van der Waals surface area contributed by atoms with Gasteiger partial charge in [-0.25, -0.2) is 0 Å². The highest BCUT2D eigenvalue weighted by Crippen LogP contribution is 2.15. The third-order valence-electron chi connectivity index (χ3n) is 2.45. The molecule has 3 nitrogen and oxygen atoms in total. The molecule has 0 radical (unpaired) electrons. The lowest BCUT2D eigenvalue weighted by atomic mass is 10.2. The molecule has 2 aromatic heterocycles. The van der Waals surface area contributed by atoms with Crippen molar-refractivity contribution >= 4 is 0 Å². The van der Waals surface area contributed by atoms with Gasteiger partial charge in [0.15, 0.2) is 0 Å². The molecule has 2 rings (SSSR count). The van der Waals surface area contributed by atoms with Crippen LogP contribution in [-0.4, -0.2) is 4.98 Å². The number of aryl methyl sites for hydroxylation is 1. The minimum Gasteiger partial charge on any atom is -0.465 e. The van der Waals surface area contributed by atoms with Crippen molar-refractivity contribution in [1.82, 2.24) is 10.3 Å². The molecule has 0 amide bonds. The second-order valence-corrected chi connectivity index (χ2v) is 3.75. The molecule has 1 unspecified atom stereocenters. The third kappa shape index (κ3) is 2.50. The first-order chi connectivity index (χ1) is 7.25. The number of H-pyrrole nitrogens is 1. The maximum Gasteiger partial charge on any atom is 0.120 e. The van der Waals surface area contributed by atoms with Crippen molar-refractivity contribution in [2.45, 2.75) is 26.4 Å². The molecule has 2 heterocycles. The van der Waals surface area contributed by atoms with Gasteiger partial charge in [-0.05, 0) is 38.1 Å². The molecule has 15 heavy (non-hydrogen) atoms. The van der Waals surface area contributed by atoms with Crippen LogP contribution < -0.4 is 5.32 Å². The van der Waals surface area contributed by atoms with Gasteiger partial charge in [-0.15, -0.1) is 0 Å². The van der Waals surface area contributed by atoms with Crippen LogP contribution in [0.15, 0.2) is 34.9 Å². The molecule has 0 saturated carbocycles. The van der Waals surface area contributed by atoms with Crippen molar-refractivity contribution < 1.29 is 4.42 Å². The summed E-state index contributed by atoms with van der Waals surface area (Å²) in [5.74, 6) is 1.94. The highest BCUT2D eigenvalue weighted by atomic mass is 16.3. The van der Waals surface area contributed by atoms with Gasteiger partial charge in [0.2, 0.25) is 0 Å². The highest BCUT2D eigenvalue weighted by Gasteiger charge is 2.08. The summed E-state index contributed by atoms with van der Waals surface area (Å²) >= 11 is 0. The summed E-state index contributed by atoms with van der Waals surface area (Å²) in [5, 5.41) is 3.39. The first-order valence-electron chi connectivity index (χ1n) is 5.17. The molecular formula is C12H16N2O. The van der Waals surface area contributed by atoms with Crippen molar-refractivity contribution in [3.8, 4) is 0 Å².